The standard InChI is InChI=1S/C11H16N4O2S/c1-18-9-5-12-10(13-6-9)14-7-2-3-8(4-7)15-11(16)17/h5-8,15H,2-4H2,1H3,(H,16,17)(H,12,13,14)/t7-,8-/m1/s1. The summed E-state index contributed by atoms with van der Waals surface area (Å²) in [4.78, 5) is 20.0. The van der Waals surface area contributed by atoms with Crippen LogP contribution < -0.4 is 10.6 Å². The zero-order chi connectivity index (χ0) is 13.0. The SMILES string of the molecule is CSc1cnc(N[C@@H]2CC[C@@H](NC(=O)O)C2)nc1. The average Bonchev–Trinajstić information content (AvgIpc) is 2.76. The highest BCUT2D eigenvalue weighted by molar-refractivity contribution is 7.98. The molecule has 1 aromatic heterocycles. The highest BCUT2D eigenvalue weighted by Gasteiger charge is 2.26. The van der Waals surface area contributed by atoms with Crippen LogP contribution in [0.25, 0.3) is 0 Å². The third kappa shape index (κ3) is 3.49. The molecule has 0 aliphatic heterocycles. The number of thioether (sulfide) groups is 1. The average molecular weight is 268 g/mol. The molecule has 0 aromatic carbocycles. The number of amides is 1. The highest BCUT2D eigenvalue weighted by Crippen LogP contribution is 2.22. The molecule has 0 bridgehead atoms. The Morgan fingerprint density at radius 3 is 2.67 bits per heavy atom. The largest absolute Gasteiger partial charge is 0.465 e. The molecule has 1 aliphatic rings. The first-order chi connectivity index (χ1) is 8.67. The molecule has 3 N–H and O–H groups in total. The maximum Gasteiger partial charge on any atom is 0.404 e. The van der Waals surface area contributed by atoms with E-state index in [0.29, 0.717) is 5.95 Å². The van der Waals surface area contributed by atoms with Gasteiger partial charge in [-0.3, -0.25) is 0 Å². The molecule has 98 valence electrons. The fraction of sp³-hybridized carbons (Fsp3) is 0.545. The van der Waals surface area contributed by atoms with Crippen LogP contribution >= 0.6 is 11.8 Å². The molecule has 1 amide bonds. The van der Waals surface area contributed by atoms with Crippen molar-refractivity contribution in [3.05, 3.63) is 12.4 Å². The Morgan fingerprint density at radius 2 is 2.06 bits per heavy atom. The van der Waals surface area contributed by atoms with Gasteiger partial charge in [-0.25, -0.2) is 14.8 Å². The predicted octanol–water partition coefficient (Wildman–Crippen LogP) is 1.80. The Labute approximate surface area is 110 Å². The molecule has 6 nitrogen and oxygen atoms in total. The molecule has 2 rings (SSSR count). The van der Waals surface area contributed by atoms with E-state index in [1.165, 1.54) is 0 Å². The molecule has 1 saturated carbocycles. The van der Waals surface area contributed by atoms with Crippen LogP contribution in [0.5, 0.6) is 0 Å². The Hall–Kier alpha value is -1.50. The molecule has 0 unspecified atom stereocenters. The molecule has 1 aromatic rings. The van der Waals surface area contributed by atoms with Gasteiger partial charge in [-0.2, -0.15) is 0 Å². The van der Waals surface area contributed by atoms with Crippen LogP contribution in [0.3, 0.4) is 0 Å². The maximum absolute atomic E-state index is 10.5. The van der Waals surface area contributed by atoms with Gasteiger partial charge in [0.25, 0.3) is 0 Å². The molecule has 1 fully saturated rings. The van der Waals surface area contributed by atoms with E-state index in [1.807, 2.05) is 6.26 Å². The molecular weight excluding hydrogens is 252 g/mol. The molecule has 2 atom stereocenters. The van der Waals surface area contributed by atoms with Gasteiger partial charge in [-0.05, 0) is 25.5 Å². The smallest absolute Gasteiger partial charge is 0.404 e. The van der Waals surface area contributed by atoms with Crippen LogP contribution in [-0.2, 0) is 0 Å². The first-order valence-corrected chi connectivity index (χ1v) is 7.02. The fourth-order valence-corrected chi connectivity index (χ4v) is 2.41. The molecule has 7 heteroatoms. The second-order valence-electron chi connectivity index (χ2n) is 4.25. The lowest BCUT2D eigenvalue weighted by Gasteiger charge is -2.13. The Morgan fingerprint density at radius 1 is 1.39 bits per heavy atom. The van der Waals surface area contributed by atoms with Crippen LogP contribution in [-0.4, -0.2) is 39.5 Å². The summed E-state index contributed by atoms with van der Waals surface area (Å²) in [5, 5.41) is 14.4. The van der Waals surface area contributed by atoms with Crippen molar-refractivity contribution in [1.29, 1.82) is 0 Å². The maximum atomic E-state index is 10.5. The number of carboxylic acid groups (broad SMARTS) is 1. The van der Waals surface area contributed by atoms with Gasteiger partial charge in [-0.1, -0.05) is 0 Å². The quantitative estimate of drug-likeness (QED) is 0.722. The highest BCUT2D eigenvalue weighted by atomic mass is 32.2. The Kier molecular flexibility index (Phi) is 4.24. The summed E-state index contributed by atoms with van der Waals surface area (Å²) in [7, 11) is 0. The van der Waals surface area contributed by atoms with Crippen LogP contribution in [0.4, 0.5) is 10.7 Å². The molecular formula is C11H16N4O2S. The second-order valence-corrected chi connectivity index (χ2v) is 5.13. The van der Waals surface area contributed by atoms with E-state index in [4.69, 9.17) is 5.11 Å². The molecule has 0 spiro atoms. The van der Waals surface area contributed by atoms with Crippen LogP contribution in [0.2, 0.25) is 0 Å². The van der Waals surface area contributed by atoms with Crippen molar-refractivity contribution in [2.75, 3.05) is 11.6 Å². The first-order valence-electron chi connectivity index (χ1n) is 5.79. The van der Waals surface area contributed by atoms with Gasteiger partial charge in [0.2, 0.25) is 5.95 Å². The second kappa shape index (κ2) is 5.90. The zero-order valence-electron chi connectivity index (χ0n) is 10.1. The van der Waals surface area contributed by atoms with Crippen molar-refractivity contribution in [2.45, 2.75) is 36.2 Å². The van der Waals surface area contributed by atoms with Gasteiger partial charge in [0.15, 0.2) is 0 Å². The third-order valence-corrected chi connectivity index (χ3v) is 3.64. The summed E-state index contributed by atoms with van der Waals surface area (Å²) in [6.07, 6.45) is 7.14. The molecule has 1 aliphatic carbocycles. The van der Waals surface area contributed by atoms with E-state index < -0.39 is 6.09 Å². The van der Waals surface area contributed by atoms with Crippen LogP contribution in [0.1, 0.15) is 19.3 Å². The third-order valence-electron chi connectivity index (χ3n) is 2.96. The minimum absolute atomic E-state index is 0.0328. The number of aromatic nitrogens is 2. The lowest BCUT2D eigenvalue weighted by molar-refractivity contribution is 0.190. The lowest BCUT2D eigenvalue weighted by atomic mass is 10.2. The number of hydrogen-bond acceptors (Lipinski definition) is 5. The number of hydrogen-bond donors (Lipinski definition) is 3. The summed E-state index contributed by atoms with van der Waals surface area (Å²) in [5.41, 5.74) is 0. The van der Waals surface area contributed by atoms with Crippen molar-refractivity contribution >= 4 is 23.8 Å². The van der Waals surface area contributed by atoms with Crippen molar-refractivity contribution in [1.82, 2.24) is 15.3 Å². The monoisotopic (exact) mass is 268 g/mol. The number of rotatable bonds is 4. The van der Waals surface area contributed by atoms with Crippen molar-refractivity contribution in [3.63, 3.8) is 0 Å². The summed E-state index contributed by atoms with van der Waals surface area (Å²) < 4.78 is 0. The fourth-order valence-electron chi connectivity index (χ4n) is 2.10. The lowest BCUT2D eigenvalue weighted by Crippen LogP contribution is -2.32. The predicted molar refractivity (Wildman–Crippen MR) is 70.0 cm³/mol. The van der Waals surface area contributed by atoms with Gasteiger partial charge in [0.1, 0.15) is 0 Å². The summed E-state index contributed by atoms with van der Waals surface area (Å²) >= 11 is 1.60. The van der Waals surface area contributed by atoms with Crippen LogP contribution in [0, 0.1) is 0 Å². The molecule has 0 saturated heterocycles. The summed E-state index contributed by atoms with van der Waals surface area (Å²) in [5.74, 6) is 0.605. The van der Waals surface area contributed by atoms with Crippen molar-refractivity contribution in [2.24, 2.45) is 0 Å². The van der Waals surface area contributed by atoms with E-state index in [2.05, 4.69) is 20.6 Å². The summed E-state index contributed by atoms with van der Waals surface area (Å²) in [6.45, 7) is 0. The van der Waals surface area contributed by atoms with Crippen LogP contribution in [0.15, 0.2) is 17.3 Å². The van der Waals surface area contributed by atoms with Gasteiger partial charge >= 0.3 is 6.09 Å². The topological polar surface area (TPSA) is 87.1 Å². The van der Waals surface area contributed by atoms with Crippen molar-refractivity contribution < 1.29 is 9.90 Å². The summed E-state index contributed by atoms with van der Waals surface area (Å²) in [6, 6.07) is 0.271. The van der Waals surface area contributed by atoms with Gasteiger partial charge < -0.3 is 15.7 Å². The Bertz CT molecular complexity index is 412. The van der Waals surface area contributed by atoms with E-state index in [9.17, 15) is 4.79 Å². The molecule has 18 heavy (non-hydrogen) atoms. The van der Waals surface area contributed by atoms with E-state index in [0.717, 1.165) is 24.2 Å². The van der Waals surface area contributed by atoms with E-state index in [-0.39, 0.29) is 12.1 Å². The van der Waals surface area contributed by atoms with Gasteiger partial charge in [-0.15, -0.1) is 11.8 Å². The number of nitrogens with one attached hydrogen (secondary N) is 2. The molecule has 0 radical (unpaired) electrons. The molecule has 1 heterocycles. The first kappa shape index (κ1) is 12.9. The van der Waals surface area contributed by atoms with Gasteiger partial charge in [0.05, 0.1) is 0 Å². The van der Waals surface area contributed by atoms with Crippen molar-refractivity contribution in [3.8, 4) is 0 Å². The Balaban J connectivity index is 1.85. The number of nitrogens with zero attached hydrogens (tertiary/aromatic N) is 2. The van der Waals surface area contributed by atoms with E-state index >= 15 is 0 Å². The number of carbonyl (C=O) groups is 1. The number of anilines is 1. The van der Waals surface area contributed by atoms with Gasteiger partial charge in [0, 0.05) is 29.4 Å². The minimum Gasteiger partial charge on any atom is -0.465 e. The van der Waals surface area contributed by atoms with E-state index in [1.54, 1.807) is 24.2 Å². The normalized spacial score (nSPS) is 22.7. The minimum atomic E-state index is -0.957. The zero-order valence-corrected chi connectivity index (χ0v) is 10.9.